The first-order valence-electron chi connectivity index (χ1n) is 9.13. The molecule has 7 heteroatoms. The second kappa shape index (κ2) is 7.82. The number of nitrogens with zero attached hydrogens (tertiary/aromatic N) is 2. The van der Waals surface area contributed by atoms with Gasteiger partial charge in [-0.2, -0.15) is 0 Å². The van der Waals surface area contributed by atoms with Gasteiger partial charge in [0.25, 0.3) is 11.6 Å². The molecule has 1 aromatic carbocycles. The Hall–Kier alpha value is -2.15. The first-order chi connectivity index (χ1) is 12.1. The minimum Gasteiger partial charge on any atom is -0.377 e. The van der Waals surface area contributed by atoms with E-state index in [4.69, 9.17) is 0 Å². The topological polar surface area (TPSA) is 87.5 Å². The number of rotatable bonds is 7. The Labute approximate surface area is 147 Å². The number of anilines is 1. The summed E-state index contributed by atoms with van der Waals surface area (Å²) in [6, 6.07) is 5.11. The first kappa shape index (κ1) is 17.7. The third-order valence-corrected chi connectivity index (χ3v) is 4.96. The molecule has 2 aliphatic rings. The van der Waals surface area contributed by atoms with Crippen molar-refractivity contribution in [3.05, 3.63) is 33.9 Å². The fraction of sp³-hybridized carbons (Fsp3) is 0.611. The van der Waals surface area contributed by atoms with Crippen molar-refractivity contribution >= 4 is 17.3 Å². The highest BCUT2D eigenvalue weighted by Gasteiger charge is 2.28. The van der Waals surface area contributed by atoms with Crippen LogP contribution in [0.1, 0.15) is 43.0 Å². The molecule has 0 spiro atoms. The Balaban J connectivity index is 1.65. The average Bonchev–Trinajstić information content (AvgIpc) is 3.44. The molecule has 0 radical (unpaired) electrons. The summed E-state index contributed by atoms with van der Waals surface area (Å²) in [6.07, 6.45) is 4.03. The molecule has 0 bridgehead atoms. The van der Waals surface area contributed by atoms with E-state index in [-0.39, 0.29) is 11.6 Å². The maximum Gasteiger partial charge on any atom is 0.293 e. The highest BCUT2D eigenvalue weighted by Crippen LogP contribution is 2.32. The third-order valence-electron chi connectivity index (χ3n) is 4.96. The van der Waals surface area contributed by atoms with Crippen LogP contribution < -0.4 is 10.6 Å². The summed E-state index contributed by atoms with van der Waals surface area (Å²) in [4.78, 5) is 25.5. The van der Waals surface area contributed by atoms with Crippen molar-refractivity contribution in [3.63, 3.8) is 0 Å². The molecule has 0 aromatic heterocycles. The van der Waals surface area contributed by atoms with E-state index in [9.17, 15) is 14.9 Å². The van der Waals surface area contributed by atoms with Gasteiger partial charge in [0.05, 0.1) is 4.92 Å². The second-order valence-electron chi connectivity index (χ2n) is 6.95. The van der Waals surface area contributed by atoms with Gasteiger partial charge in [-0.15, -0.1) is 0 Å². The lowest BCUT2D eigenvalue weighted by Gasteiger charge is -2.32. The maximum absolute atomic E-state index is 12.7. The Morgan fingerprint density at radius 2 is 2.00 bits per heavy atom. The van der Waals surface area contributed by atoms with Crippen molar-refractivity contribution < 1.29 is 9.72 Å². The van der Waals surface area contributed by atoms with E-state index in [1.807, 2.05) is 4.90 Å². The Morgan fingerprint density at radius 1 is 1.28 bits per heavy atom. The highest BCUT2D eigenvalue weighted by atomic mass is 16.6. The molecule has 1 amide bonds. The summed E-state index contributed by atoms with van der Waals surface area (Å²) in [5, 5.41) is 17.9. The summed E-state index contributed by atoms with van der Waals surface area (Å²) in [7, 11) is 0. The summed E-state index contributed by atoms with van der Waals surface area (Å²) >= 11 is 0. The van der Waals surface area contributed by atoms with E-state index in [0.717, 1.165) is 38.8 Å². The number of hydrogen-bond acceptors (Lipinski definition) is 5. The van der Waals surface area contributed by atoms with Crippen LogP contribution in [0.25, 0.3) is 0 Å². The number of nitrogens with one attached hydrogen (secondary N) is 2. The molecule has 3 rings (SSSR count). The number of carbonyl (C=O) groups excluding carboxylic acids is 1. The first-order valence-corrected chi connectivity index (χ1v) is 9.13. The van der Waals surface area contributed by atoms with Crippen molar-refractivity contribution in [3.8, 4) is 0 Å². The number of carbonyl (C=O) groups is 1. The van der Waals surface area contributed by atoms with Crippen LogP contribution in [-0.4, -0.2) is 48.0 Å². The van der Waals surface area contributed by atoms with Gasteiger partial charge in [0.15, 0.2) is 0 Å². The molecule has 2 N–H and O–H groups in total. The second-order valence-corrected chi connectivity index (χ2v) is 6.95. The van der Waals surface area contributed by atoms with Gasteiger partial charge in [0.2, 0.25) is 0 Å². The van der Waals surface area contributed by atoms with E-state index in [1.54, 1.807) is 12.1 Å². The standard InChI is InChI=1S/C18H26N4O3/c1-2-19-12-13-7-9-21(10-8-13)18(23)14-3-6-16(20-15-4-5-15)17(11-14)22(24)25/h3,6,11,13,15,19-20H,2,4-5,7-10,12H2,1H3. The number of benzene rings is 1. The molecule has 0 unspecified atom stereocenters. The molecule has 1 saturated heterocycles. The highest BCUT2D eigenvalue weighted by molar-refractivity contribution is 5.95. The van der Waals surface area contributed by atoms with Crippen LogP contribution in [0.5, 0.6) is 0 Å². The predicted molar refractivity (Wildman–Crippen MR) is 96.9 cm³/mol. The monoisotopic (exact) mass is 346 g/mol. The minimum absolute atomic E-state index is 0.0141. The fourth-order valence-electron chi connectivity index (χ4n) is 3.26. The van der Waals surface area contributed by atoms with E-state index < -0.39 is 4.92 Å². The minimum atomic E-state index is -0.413. The lowest BCUT2D eigenvalue weighted by atomic mass is 9.96. The number of piperidine rings is 1. The Morgan fingerprint density at radius 3 is 2.60 bits per heavy atom. The van der Waals surface area contributed by atoms with E-state index in [2.05, 4.69) is 17.6 Å². The zero-order valence-corrected chi connectivity index (χ0v) is 14.7. The number of nitro groups is 1. The smallest absolute Gasteiger partial charge is 0.293 e. The van der Waals surface area contributed by atoms with Crippen molar-refractivity contribution in [2.75, 3.05) is 31.5 Å². The van der Waals surface area contributed by atoms with Gasteiger partial charge >= 0.3 is 0 Å². The van der Waals surface area contributed by atoms with Crippen LogP contribution in [0.3, 0.4) is 0 Å². The van der Waals surface area contributed by atoms with Gasteiger partial charge in [-0.05, 0) is 56.8 Å². The van der Waals surface area contributed by atoms with Crippen LogP contribution >= 0.6 is 0 Å². The SMILES string of the molecule is CCNCC1CCN(C(=O)c2ccc(NC3CC3)c([N+](=O)[O-])c2)CC1. The molecular weight excluding hydrogens is 320 g/mol. The van der Waals surface area contributed by atoms with Gasteiger partial charge in [-0.3, -0.25) is 14.9 Å². The number of amides is 1. The maximum atomic E-state index is 12.7. The molecule has 1 aliphatic carbocycles. The molecule has 1 aromatic rings. The molecule has 1 saturated carbocycles. The van der Waals surface area contributed by atoms with Crippen molar-refractivity contribution in [2.45, 2.75) is 38.6 Å². The predicted octanol–water partition coefficient (Wildman–Crippen LogP) is 2.63. The van der Waals surface area contributed by atoms with Crippen LogP contribution in [0.2, 0.25) is 0 Å². The Bertz CT molecular complexity index is 637. The summed E-state index contributed by atoms with van der Waals surface area (Å²) < 4.78 is 0. The van der Waals surface area contributed by atoms with E-state index in [0.29, 0.717) is 36.3 Å². The summed E-state index contributed by atoms with van der Waals surface area (Å²) in [6.45, 7) is 5.47. The Kier molecular flexibility index (Phi) is 5.53. The van der Waals surface area contributed by atoms with Gasteiger partial charge in [0.1, 0.15) is 5.69 Å². The molecule has 0 atom stereocenters. The fourth-order valence-corrected chi connectivity index (χ4v) is 3.26. The average molecular weight is 346 g/mol. The van der Waals surface area contributed by atoms with Crippen molar-refractivity contribution in [1.82, 2.24) is 10.2 Å². The normalized spacial score (nSPS) is 18.2. The van der Waals surface area contributed by atoms with Crippen LogP contribution in [0.15, 0.2) is 18.2 Å². The molecular formula is C18H26N4O3. The van der Waals surface area contributed by atoms with Gasteiger partial charge < -0.3 is 15.5 Å². The van der Waals surface area contributed by atoms with Gasteiger partial charge in [0, 0.05) is 30.8 Å². The zero-order chi connectivity index (χ0) is 17.8. The zero-order valence-electron chi connectivity index (χ0n) is 14.7. The number of nitro benzene ring substituents is 1. The molecule has 7 nitrogen and oxygen atoms in total. The largest absolute Gasteiger partial charge is 0.377 e. The van der Waals surface area contributed by atoms with Gasteiger partial charge in [-0.1, -0.05) is 6.92 Å². The summed E-state index contributed by atoms with van der Waals surface area (Å²) in [5.41, 5.74) is 0.895. The van der Waals surface area contributed by atoms with Crippen molar-refractivity contribution in [1.29, 1.82) is 0 Å². The lowest BCUT2D eigenvalue weighted by molar-refractivity contribution is -0.384. The lowest BCUT2D eigenvalue weighted by Crippen LogP contribution is -2.40. The molecule has 136 valence electrons. The van der Waals surface area contributed by atoms with E-state index >= 15 is 0 Å². The molecule has 1 aliphatic heterocycles. The number of likely N-dealkylation sites (tertiary alicyclic amines) is 1. The van der Waals surface area contributed by atoms with Crippen molar-refractivity contribution in [2.24, 2.45) is 5.92 Å². The van der Waals surface area contributed by atoms with Crippen LogP contribution in [0, 0.1) is 16.0 Å². The van der Waals surface area contributed by atoms with E-state index in [1.165, 1.54) is 6.07 Å². The molecule has 25 heavy (non-hydrogen) atoms. The van der Waals surface area contributed by atoms with Crippen LogP contribution in [-0.2, 0) is 0 Å². The quantitative estimate of drug-likeness (QED) is 0.585. The summed E-state index contributed by atoms with van der Waals surface area (Å²) in [5.74, 6) is 0.492. The number of hydrogen-bond donors (Lipinski definition) is 2. The molecule has 2 fully saturated rings. The van der Waals surface area contributed by atoms with Gasteiger partial charge in [-0.25, -0.2) is 0 Å². The van der Waals surface area contributed by atoms with Crippen LogP contribution in [0.4, 0.5) is 11.4 Å². The molecule has 1 heterocycles. The third kappa shape index (κ3) is 4.48.